The second-order valence-electron chi connectivity index (χ2n) is 2.25. The normalized spacial score (nSPS) is 10.7. The number of nitrogens with zero attached hydrogens (tertiary/aromatic N) is 3. The molecule has 5 heteroatoms. The zero-order chi connectivity index (χ0) is 9.84. The smallest absolute Gasteiger partial charge is 0.225 e. The Bertz CT molecular complexity index is 361. The average molecular weight is 216 g/mol. The fraction of sp³-hybridized carbons (Fsp3) is 0.125. The van der Waals surface area contributed by atoms with Crippen LogP contribution in [0.5, 0.6) is 0 Å². The van der Waals surface area contributed by atoms with E-state index in [0.29, 0.717) is 16.5 Å². The fourth-order valence-corrected chi connectivity index (χ4v) is 1.07. The van der Waals surface area contributed by atoms with Gasteiger partial charge < -0.3 is 0 Å². The summed E-state index contributed by atoms with van der Waals surface area (Å²) in [6.45, 7) is 5.26. The molecule has 0 N–H and O–H groups in total. The third-order valence-corrected chi connectivity index (χ3v) is 1.87. The first-order valence-electron chi connectivity index (χ1n) is 3.50. The summed E-state index contributed by atoms with van der Waals surface area (Å²) in [4.78, 5) is 11.6. The molecule has 0 radical (unpaired) electrons. The van der Waals surface area contributed by atoms with Crippen LogP contribution in [0.25, 0.3) is 0 Å². The predicted molar refractivity (Wildman–Crippen MR) is 55.1 cm³/mol. The summed E-state index contributed by atoms with van der Waals surface area (Å²) >= 11 is 11.4. The molecule has 1 aromatic rings. The van der Waals surface area contributed by atoms with Crippen molar-refractivity contribution in [3.8, 4) is 0 Å². The lowest BCUT2D eigenvalue weighted by molar-refractivity contribution is 1.12. The highest BCUT2D eigenvalue weighted by Gasteiger charge is 2.05. The van der Waals surface area contributed by atoms with Gasteiger partial charge in [-0.1, -0.05) is 24.3 Å². The van der Waals surface area contributed by atoms with Gasteiger partial charge in [-0.2, -0.15) is 4.98 Å². The maximum Gasteiger partial charge on any atom is 0.225 e. The highest BCUT2D eigenvalue weighted by molar-refractivity contribution is 6.32. The van der Waals surface area contributed by atoms with E-state index in [1.165, 1.54) is 6.21 Å². The van der Waals surface area contributed by atoms with E-state index in [9.17, 15) is 0 Å². The third kappa shape index (κ3) is 2.50. The van der Waals surface area contributed by atoms with Crippen LogP contribution in [0.4, 0.5) is 5.82 Å². The molecule has 68 valence electrons. The molecule has 0 aliphatic rings. The van der Waals surface area contributed by atoms with E-state index in [-0.39, 0.29) is 5.28 Å². The molecule has 3 nitrogen and oxygen atoms in total. The Kier molecular flexibility index (Phi) is 3.39. The van der Waals surface area contributed by atoms with E-state index >= 15 is 0 Å². The molecule has 0 saturated heterocycles. The lowest BCUT2D eigenvalue weighted by atomic mass is 10.3. The van der Waals surface area contributed by atoms with E-state index in [2.05, 4.69) is 21.5 Å². The van der Waals surface area contributed by atoms with Crippen molar-refractivity contribution < 1.29 is 0 Å². The molecule has 0 aliphatic carbocycles. The number of halogens is 2. The van der Waals surface area contributed by atoms with Crippen molar-refractivity contribution in [2.24, 2.45) is 4.99 Å². The number of hydrogen-bond donors (Lipinski definition) is 0. The minimum Gasteiger partial charge on any atom is -0.237 e. The first-order chi connectivity index (χ1) is 6.15. The van der Waals surface area contributed by atoms with Crippen molar-refractivity contribution >= 4 is 35.2 Å². The van der Waals surface area contributed by atoms with Gasteiger partial charge in [0.15, 0.2) is 5.82 Å². The van der Waals surface area contributed by atoms with Crippen LogP contribution in [0, 0.1) is 6.92 Å². The minimum absolute atomic E-state index is 0.0896. The van der Waals surface area contributed by atoms with Gasteiger partial charge in [0, 0.05) is 11.8 Å². The fourth-order valence-electron chi connectivity index (χ4n) is 0.702. The minimum atomic E-state index is 0.0896. The molecule has 0 amide bonds. The number of aliphatic imine (C=N–C) groups is 1. The van der Waals surface area contributed by atoms with Crippen molar-refractivity contribution in [2.45, 2.75) is 6.92 Å². The van der Waals surface area contributed by atoms with Crippen molar-refractivity contribution in [3.05, 3.63) is 28.7 Å². The monoisotopic (exact) mass is 215 g/mol. The third-order valence-electron chi connectivity index (χ3n) is 1.34. The molecule has 1 rings (SSSR count). The van der Waals surface area contributed by atoms with Crippen molar-refractivity contribution in [2.75, 3.05) is 0 Å². The largest absolute Gasteiger partial charge is 0.237 e. The van der Waals surface area contributed by atoms with Gasteiger partial charge in [0.25, 0.3) is 0 Å². The number of allylic oxidation sites excluding steroid dienone is 1. The van der Waals surface area contributed by atoms with E-state index in [1.807, 2.05) is 0 Å². The van der Waals surface area contributed by atoms with Gasteiger partial charge in [0.05, 0.1) is 0 Å². The predicted octanol–water partition coefficient (Wildman–Crippen LogP) is 2.98. The van der Waals surface area contributed by atoms with Gasteiger partial charge in [-0.05, 0) is 18.5 Å². The molecular formula is C8H7Cl2N3. The molecule has 0 spiro atoms. The maximum absolute atomic E-state index is 5.76. The highest BCUT2D eigenvalue weighted by Crippen LogP contribution is 2.23. The molecule has 0 aromatic carbocycles. The van der Waals surface area contributed by atoms with Gasteiger partial charge in [0.2, 0.25) is 5.28 Å². The Labute approximate surface area is 86.1 Å². The van der Waals surface area contributed by atoms with Crippen molar-refractivity contribution in [1.29, 1.82) is 0 Å². The second kappa shape index (κ2) is 4.35. The Morgan fingerprint density at radius 2 is 2.08 bits per heavy atom. The van der Waals surface area contributed by atoms with Crippen LogP contribution >= 0.6 is 23.2 Å². The Balaban J connectivity index is 3.19. The first kappa shape index (κ1) is 10.2. The van der Waals surface area contributed by atoms with E-state index < -0.39 is 0 Å². The summed E-state index contributed by atoms with van der Waals surface area (Å²) in [5.41, 5.74) is 0.698. The summed E-state index contributed by atoms with van der Waals surface area (Å²) in [6, 6.07) is 0. The quantitative estimate of drug-likeness (QED) is 0.433. The van der Waals surface area contributed by atoms with Crippen LogP contribution in [0.3, 0.4) is 0 Å². The molecule has 0 bridgehead atoms. The number of hydrogen-bond acceptors (Lipinski definition) is 3. The second-order valence-corrected chi connectivity index (χ2v) is 2.94. The molecule has 0 fully saturated rings. The molecule has 1 heterocycles. The number of aromatic nitrogens is 2. The zero-order valence-corrected chi connectivity index (χ0v) is 8.47. The van der Waals surface area contributed by atoms with Gasteiger partial charge in [0.1, 0.15) is 5.15 Å². The topological polar surface area (TPSA) is 38.1 Å². The molecule has 13 heavy (non-hydrogen) atoms. The van der Waals surface area contributed by atoms with Crippen LogP contribution in [0.2, 0.25) is 10.4 Å². The molecule has 0 saturated carbocycles. The van der Waals surface area contributed by atoms with Crippen LogP contribution in [-0.2, 0) is 0 Å². The Morgan fingerprint density at radius 1 is 1.38 bits per heavy atom. The molecule has 0 atom stereocenters. The van der Waals surface area contributed by atoms with Crippen LogP contribution in [0.15, 0.2) is 17.6 Å². The highest BCUT2D eigenvalue weighted by atomic mass is 35.5. The summed E-state index contributed by atoms with van der Waals surface area (Å²) in [5.74, 6) is 0.463. The first-order valence-corrected chi connectivity index (χ1v) is 4.25. The van der Waals surface area contributed by atoms with E-state index in [0.717, 1.165) is 0 Å². The summed E-state index contributed by atoms with van der Waals surface area (Å²) < 4.78 is 0. The lowest BCUT2D eigenvalue weighted by Crippen LogP contribution is -1.88. The van der Waals surface area contributed by atoms with E-state index in [4.69, 9.17) is 23.2 Å². The number of rotatable bonds is 2. The van der Waals surface area contributed by atoms with Crippen molar-refractivity contribution in [3.63, 3.8) is 0 Å². The van der Waals surface area contributed by atoms with Gasteiger partial charge >= 0.3 is 0 Å². The van der Waals surface area contributed by atoms with Crippen LogP contribution < -0.4 is 0 Å². The van der Waals surface area contributed by atoms with E-state index in [1.54, 1.807) is 13.0 Å². The lowest BCUT2D eigenvalue weighted by Gasteiger charge is -2.00. The van der Waals surface area contributed by atoms with Crippen molar-refractivity contribution in [1.82, 2.24) is 9.97 Å². The van der Waals surface area contributed by atoms with Crippen LogP contribution in [0.1, 0.15) is 5.56 Å². The Morgan fingerprint density at radius 3 is 2.69 bits per heavy atom. The summed E-state index contributed by atoms with van der Waals surface area (Å²) in [6.07, 6.45) is 3.06. The average Bonchev–Trinajstić information content (AvgIpc) is 2.09. The van der Waals surface area contributed by atoms with Gasteiger partial charge in [-0.3, -0.25) is 0 Å². The van der Waals surface area contributed by atoms with Gasteiger partial charge in [-0.25, -0.2) is 9.98 Å². The molecule has 0 aliphatic heterocycles. The Hall–Kier alpha value is -0.930. The summed E-state index contributed by atoms with van der Waals surface area (Å²) in [7, 11) is 0. The summed E-state index contributed by atoms with van der Waals surface area (Å²) in [5, 5.41) is 0.406. The molecular weight excluding hydrogens is 209 g/mol. The molecule has 0 unspecified atom stereocenters. The standard InChI is InChI=1S/C8H7Cl2N3/c1-3-4-11-7-5(2)6(9)12-8(10)13-7/h3-4H,1H2,2H3/b11-4-. The molecule has 1 aromatic heterocycles. The van der Waals surface area contributed by atoms with Crippen LogP contribution in [-0.4, -0.2) is 16.2 Å². The zero-order valence-electron chi connectivity index (χ0n) is 6.96. The van der Waals surface area contributed by atoms with Gasteiger partial charge in [-0.15, -0.1) is 0 Å². The SMILES string of the molecule is C=C/C=N\c1nc(Cl)nc(Cl)c1C. The maximum atomic E-state index is 5.76.